The number of ether oxygens (including phenoxy) is 1. The molecule has 2 heterocycles. The van der Waals surface area contributed by atoms with Crippen molar-refractivity contribution in [1.29, 1.82) is 0 Å². The summed E-state index contributed by atoms with van der Waals surface area (Å²) in [6.45, 7) is 1.99. The lowest BCUT2D eigenvalue weighted by Crippen LogP contribution is -2.31. The van der Waals surface area contributed by atoms with E-state index in [2.05, 4.69) is 15.6 Å². The van der Waals surface area contributed by atoms with Gasteiger partial charge in [0.1, 0.15) is 0 Å². The summed E-state index contributed by atoms with van der Waals surface area (Å²) in [5.74, 6) is -0.0676. The van der Waals surface area contributed by atoms with Crippen molar-refractivity contribution < 1.29 is 13.9 Å². The molecule has 0 radical (unpaired) electrons. The van der Waals surface area contributed by atoms with Crippen molar-refractivity contribution in [3.05, 3.63) is 29.4 Å². The summed E-state index contributed by atoms with van der Waals surface area (Å²) in [6, 6.07) is 4.73. The van der Waals surface area contributed by atoms with Gasteiger partial charge in [-0.2, -0.15) is 0 Å². The minimum Gasteiger partial charge on any atom is -0.494 e. The van der Waals surface area contributed by atoms with E-state index in [1.54, 1.807) is 12.1 Å². The van der Waals surface area contributed by atoms with E-state index in [0.717, 1.165) is 32.4 Å². The first-order chi connectivity index (χ1) is 12.1. The fraction of sp³-hybridized carbons (Fsp3) is 0.444. The predicted octanol–water partition coefficient (Wildman–Crippen LogP) is 3.71. The zero-order valence-electron chi connectivity index (χ0n) is 14.4. The van der Waals surface area contributed by atoms with Crippen LogP contribution in [0.2, 0.25) is 0 Å². The van der Waals surface area contributed by atoms with Gasteiger partial charge in [0.05, 0.1) is 12.8 Å². The number of benzene rings is 1. The maximum atomic E-state index is 13.8. The van der Waals surface area contributed by atoms with E-state index in [1.807, 2.05) is 5.38 Å². The zero-order chi connectivity index (χ0) is 17.4. The Morgan fingerprint density at radius 2 is 2.19 bits per heavy atom. The highest BCUT2D eigenvalue weighted by Gasteiger charge is 2.57. The molecule has 2 aliphatic rings. The molecule has 0 bridgehead atoms. The summed E-state index contributed by atoms with van der Waals surface area (Å²) in [4.78, 5) is 16.9. The normalized spacial score (nSPS) is 20.3. The second-order valence-electron chi connectivity index (χ2n) is 6.75. The standard InChI is InChI=1S/C18H20FN3O2S.ClH/c1-24-15-3-2-11(8-13(15)19)14-10-25-17(21-14)22-16(23)12-9-18(12)4-6-20-7-5-18;/h2-3,8,10,12,20H,4-7,9H2,1H3,(H,21,22,23);1H. The lowest BCUT2D eigenvalue weighted by molar-refractivity contribution is -0.118. The predicted molar refractivity (Wildman–Crippen MR) is 103 cm³/mol. The molecule has 8 heteroatoms. The Labute approximate surface area is 161 Å². The fourth-order valence-electron chi connectivity index (χ4n) is 3.68. The average Bonchev–Trinajstić information content (AvgIpc) is 3.10. The molecule has 1 saturated heterocycles. The van der Waals surface area contributed by atoms with Gasteiger partial charge in [0, 0.05) is 16.9 Å². The van der Waals surface area contributed by atoms with E-state index < -0.39 is 5.82 Å². The largest absolute Gasteiger partial charge is 0.494 e. The third kappa shape index (κ3) is 3.56. The second-order valence-corrected chi connectivity index (χ2v) is 7.60. The maximum absolute atomic E-state index is 13.8. The Morgan fingerprint density at radius 3 is 2.88 bits per heavy atom. The van der Waals surface area contributed by atoms with Gasteiger partial charge in [-0.1, -0.05) is 0 Å². The number of piperidine rings is 1. The molecule has 26 heavy (non-hydrogen) atoms. The molecule has 1 spiro atoms. The van der Waals surface area contributed by atoms with Gasteiger partial charge in [-0.25, -0.2) is 9.37 Å². The van der Waals surface area contributed by atoms with Gasteiger partial charge in [-0.05, 0) is 56.0 Å². The fourth-order valence-corrected chi connectivity index (χ4v) is 4.40. The van der Waals surface area contributed by atoms with E-state index in [4.69, 9.17) is 4.74 Å². The molecule has 140 valence electrons. The van der Waals surface area contributed by atoms with Gasteiger partial charge in [0.25, 0.3) is 0 Å². The quantitative estimate of drug-likeness (QED) is 0.825. The van der Waals surface area contributed by atoms with Gasteiger partial charge >= 0.3 is 0 Å². The molecule has 1 unspecified atom stereocenters. The number of amides is 1. The number of hydrogen-bond acceptors (Lipinski definition) is 5. The zero-order valence-corrected chi connectivity index (χ0v) is 16.0. The lowest BCUT2D eigenvalue weighted by Gasteiger charge is -2.22. The average molecular weight is 398 g/mol. The summed E-state index contributed by atoms with van der Waals surface area (Å²) in [5.41, 5.74) is 1.51. The van der Waals surface area contributed by atoms with Crippen LogP contribution >= 0.6 is 23.7 Å². The number of thiazole rings is 1. The number of carbonyl (C=O) groups excluding carboxylic acids is 1. The Kier molecular flexibility index (Phi) is 5.50. The van der Waals surface area contributed by atoms with Crippen LogP contribution in [0.1, 0.15) is 19.3 Å². The molecular weight excluding hydrogens is 377 g/mol. The molecule has 5 nitrogen and oxygen atoms in total. The van der Waals surface area contributed by atoms with Crippen molar-refractivity contribution in [3.63, 3.8) is 0 Å². The number of anilines is 1. The smallest absolute Gasteiger partial charge is 0.229 e. The van der Waals surface area contributed by atoms with E-state index in [9.17, 15) is 9.18 Å². The third-order valence-electron chi connectivity index (χ3n) is 5.29. The van der Waals surface area contributed by atoms with Crippen LogP contribution in [0, 0.1) is 17.2 Å². The molecule has 2 fully saturated rings. The van der Waals surface area contributed by atoms with Crippen LogP contribution < -0.4 is 15.4 Å². The van der Waals surface area contributed by atoms with Crippen LogP contribution in [0.5, 0.6) is 5.75 Å². The number of nitrogens with zero attached hydrogens (tertiary/aromatic N) is 1. The first kappa shape index (κ1) is 19.1. The van der Waals surface area contributed by atoms with Crippen LogP contribution in [-0.2, 0) is 4.79 Å². The Bertz CT molecular complexity index is 807. The summed E-state index contributed by atoms with van der Waals surface area (Å²) < 4.78 is 18.8. The van der Waals surface area contributed by atoms with Crippen molar-refractivity contribution >= 4 is 34.8 Å². The summed E-state index contributed by atoms with van der Waals surface area (Å²) in [5, 5.41) is 8.66. The maximum Gasteiger partial charge on any atom is 0.229 e. The van der Waals surface area contributed by atoms with Crippen molar-refractivity contribution in [1.82, 2.24) is 10.3 Å². The SMILES string of the molecule is COc1ccc(-c2csc(NC(=O)C3CC34CCNCC4)n2)cc1F.Cl. The molecule has 2 aromatic rings. The van der Waals surface area contributed by atoms with E-state index in [0.29, 0.717) is 16.4 Å². The van der Waals surface area contributed by atoms with E-state index in [1.165, 1.54) is 24.5 Å². The number of hydrogen-bond donors (Lipinski definition) is 2. The minimum absolute atomic E-state index is 0. The number of rotatable bonds is 4. The summed E-state index contributed by atoms with van der Waals surface area (Å²) in [7, 11) is 1.43. The Balaban J connectivity index is 0.00000196. The van der Waals surface area contributed by atoms with Gasteiger partial charge < -0.3 is 15.4 Å². The number of aromatic nitrogens is 1. The molecule has 1 aromatic heterocycles. The monoisotopic (exact) mass is 397 g/mol. The highest BCUT2D eigenvalue weighted by atomic mass is 35.5. The summed E-state index contributed by atoms with van der Waals surface area (Å²) in [6.07, 6.45) is 3.11. The molecule has 1 aromatic carbocycles. The molecule has 4 rings (SSSR count). The molecule has 1 amide bonds. The van der Waals surface area contributed by atoms with Crippen molar-refractivity contribution in [2.24, 2.45) is 11.3 Å². The number of nitrogens with one attached hydrogen (secondary N) is 2. The van der Waals surface area contributed by atoms with E-state index >= 15 is 0 Å². The molecule has 1 saturated carbocycles. The topological polar surface area (TPSA) is 63.2 Å². The lowest BCUT2D eigenvalue weighted by atomic mass is 9.92. The molecule has 2 N–H and O–H groups in total. The van der Waals surface area contributed by atoms with Gasteiger partial charge in [-0.3, -0.25) is 4.79 Å². The van der Waals surface area contributed by atoms with Crippen LogP contribution in [0.4, 0.5) is 9.52 Å². The molecular formula is C18H21ClFN3O2S. The highest BCUT2D eigenvalue weighted by Crippen LogP contribution is 2.58. The minimum atomic E-state index is -0.426. The number of methoxy groups -OCH3 is 1. The van der Waals surface area contributed by atoms with Gasteiger partial charge in [0.2, 0.25) is 5.91 Å². The second kappa shape index (κ2) is 7.50. The highest BCUT2D eigenvalue weighted by molar-refractivity contribution is 7.14. The molecule has 1 aliphatic heterocycles. The summed E-state index contributed by atoms with van der Waals surface area (Å²) >= 11 is 1.36. The first-order valence-corrected chi connectivity index (χ1v) is 9.30. The van der Waals surface area contributed by atoms with Crippen LogP contribution in [0.25, 0.3) is 11.3 Å². The first-order valence-electron chi connectivity index (χ1n) is 8.42. The Morgan fingerprint density at radius 1 is 1.42 bits per heavy atom. The van der Waals surface area contributed by atoms with Gasteiger partial charge in [0.15, 0.2) is 16.7 Å². The Hall–Kier alpha value is -1.70. The van der Waals surface area contributed by atoms with Crippen molar-refractivity contribution in [3.8, 4) is 17.0 Å². The van der Waals surface area contributed by atoms with Gasteiger partial charge in [-0.15, -0.1) is 23.7 Å². The van der Waals surface area contributed by atoms with E-state index in [-0.39, 0.29) is 35.4 Å². The van der Waals surface area contributed by atoms with Crippen LogP contribution in [-0.4, -0.2) is 31.1 Å². The van der Waals surface area contributed by atoms with Crippen LogP contribution in [0.15, 0.2) is 23.6 Å². The molecule has 1 aliphatic carbocycles. The number of carbonyl (C=O) groups is 1. The third-order valence-corrected chi connectivity index (χ3v) is 6.05. The molecule has 1 atom stereocenters. The van der Waals surface area contributed by atoms with Crippen LogP contribution in [0.3, 0.4) is 0 Å². The van der Waals surface area contributed by atoms with Crippen molar-refractivity contribution in [2.75, 3.05) is 25.5 Å². The van der Waals surface area contributed by atoms with Crippen molar-refractivity contribution in [2.45, 2.75) is 19.3 Å². The number of halogens is 2.